The zero-order chi connectivity index (χ0) is 13.5. The Morgan fingerprint density at radius 1 is 0.900 bits per heavy atom. The van der Waals surface area contributed by atoms with Crippen molar-refractivity contribution in [3.8, 4) is 11.5 Å². The van der Waals surface area contributed by atoms with Crippen molar-refractivity contribution >= 4 is 27.7 Å². The SMILES string of the molecule is Nc1cccc2oc(-c3cccc4cccnc34)nc12. The Bertz CT molecular complexity index is 922. The van der Waals surface area contributed by atoms with E-state index in [-0.39, 0.29) is 0 Å². The first-order chi connectivity index (χ1) is 9.83. The summed E-state index contributed by atoms with van der Waals surface area (Å²) in [7, 11) is 0. The summed E-state index contributed by atoms with van der Waals surface area (Å²) in [5, 5.41) is 1.06. The smallest absolute Gasteiger partial charge is 0.229 e. The van der Waals surface area contributed by atoms with Crippen LogP contribution in [0.2, 0.25) is 0 Å². The molecule has 0 bridgehead atoms. The third kappa shape index (κ3) is 1.55. The highest BCUT2D eigenvalue weighted by Gasteiger charge is 2.13. The normalized spacial score (nSPS) is 11.2. The number of para-hydroxylation sites is 2. The maximum Gasteiger partial charge on any atom is 0.229 e. The molecule has 0 saturated heterocycles. The van der Waals surface area contributed by atoms with Crippen LogP contribution >= 0.6 is 0 Å². The first kappa shape index (κ1) is 11.0. The molecule has 0 fully saturated rings. The molecule has 96 valence electrons. The minimum Gasteiger partial charge on any atom is -0.436 e. The van der Waals surface area contributed by atoms with Crippen LogP contribution in [0.5, 0.6) is 0 Å². The molecule has 0 unspecified atom stereocenters. The summed E-state index contributed by atoms with van der Waals surface area (Å²) in [5.74, 6) is 0.544. The number of oxazole rings is 1. The Hall–Kier alpha value is -2.88. The number of nitrogens with zero attached hydrogens (tertiary/aromatic N) is 2. The van der Waals surface area contributed by atoms with Crippen molar-refractivity contribution in [2.45, 2.75) is 0 Å². The molecule has 2 aromatic carbocycles. The molecule has 0 atom stereocenters. The number of aromatic nitrogens is 2. The molecular weight excluding hydrogens is 250 g/mol. The van der Waals surface area contributed by atoms with Crippen LogP contribution in [0.15, 0.2) is 59.1 Å². The largest absolute Gasteiger partial charge is 0.436 e. The van der Waals surface area contributed by atoms with Crippen molar-refractivity contribution in [1.29, 1.82) is 0 Å². The van der Waals surface area contributed by atoms with Crippen LogP contribution in [-0.2, 0) is 0 Å². The minimum atomic E-state index is 0.544. The summed E-state index contributed by atoms with van der Waals surface area (Å²) >= 11 is 0. The van der Waals surface area contributed by atoms with Crippen molar-refractivity contribution < 1.29 is 4.42 Å². The quantitative estimate of drug-likeness (QED) is 0.531. The second-order valence-corrected chi connectivity index (χ2v) is 4.59. The second-order valence-electron chi connectivity index (χ2n) is 4.59. The van der Waals surface area contributed by atoms with Gasteiger partial charge in [0.1, 0.15) is 5.52 Å². The number of pyridine rings is 1. The Balaban J connectivity index is 2.04. The molecule has 4 nitrogen and oxygen atoms in total. The standard InChI is InChI=1S/C16H11N3O/c17-12-7-2-8-13-15(12)19-16(20-13)11-6-1-4-10-5-3-9-18-14(10)11/h1-9H,17H2. The van der Waals surface area contributed by atoms with Crippen LogP contribution in [0.4, 0.5) is 5.69 Å². The van der Waals surface area contributed by atoms with Crippen LogP contribution < -0.4 is 5.73 Å². The molecule has 2 aromatic heterocycles. The molecule has 4 rings (SSSR count). The van der Waals surface area contributed by atoms with Gasteiger partial charge in [-0.05, 0) is 24.3 Å². The van der Waals surface area contributed by atoms with Gasteiger partial charge in [0.15, 0.2) is 5.58 Å². The molecule has 4 aromatic rings. The molecule has 20 heavy (non-hydrogen) atoms. The fourth-order valence-corrected chi connectivity index (χ4v) is 2.36. The lowest BCUT2D eigenvalue weighted by atomic mass is 10.1. The van der Waals surface area contributed by atoms with Crippen molar-refractivity contribution in [3.05, 3.63) is 54.7 Å². The zero-order valence-corrected chi connectivity index (χ0v) is 10.6. The number of anilines is 1. The number of rotatable bonds is 1. The van der Waals surface area contributed by atoms with E-state index in [1.165, 1.54) is 0 Å². The van der Waals surface area contributed by atoms with E-state index in [0.717, 1.165) is 16.5 Å². The van der Waals surface area contributed by atoms with Crippen molar-refractivity contribution in [3.63, 3.8) is 0 Å². The van der Waals surface area contributed by atoms with E-state index in [9.17, 15) is 0 Å². The molecule has 0 radical (unpaired) electrons. The fraction of sp³-hybridized carbons (Fsp3) is 0. The summed E-state index contributed by atoms with van der Waals surface area (Å²) in [4.78, 5) is 8.92. The lowest BCUT2D eigenvalue weighted by Gasteiger charge is -2.00. The lowest BCUT2D eigenvalue weighted by molar-refractivity contribution is 0.620. The fourth-order valence-electron chi connectivity index (χ4n) is 2.36. The van der Waals surface area contributed by atoms with E-state index in [2.05, 4.69) is 9.97 Å². The van der Waals surface area contributed by atoms with Crippen LogP contribution in [0, 0.1) is 0 Å². The van der Waals surface area contributed by atoms with Gasteiger partial charge in [-0.2, -0.15) is 0 Å². The molecule has 2 heterocycles. The highest BCUT2D eigenvalue weighted by molar-refractivity contribution is 5.94. The van der Waals surface area contributed by atoms with Crippen LogP contribution in [0.25, 0.3) is 33.5 Å². The van der Waals surface area contributed by atoms with E-state index in [1.54, 1.807) is 6.20 Å². The maximum absolute atomic E-state index is 5.92. The topological polar surface area (TPSA) is 64.9 Å². The van der Waals surface area contributed by atoms with E-state index in [4.69, 9.17) is 10.2 Å². The summed E-state index contributed by atoms with van der Waals surface area (Å²) in [6.45, 7) is 0. The molecule has 0 aliphatic heterocycles. The van der Waals surface area contributed by atoms with Crippen LogP contribution in [-0.4, -0.2) is 9.97 Å². The number of benzene rings is 2. The lowest BCUT2D eigenvalue weighted by Crippen LogP contribution is -1.86. The van der Waals surface area contributed by atoms with Gasteiger partial charge in [0.2, 0.25) is 5.89 Å². The van der Waals surface area contributed by atoms with Crippen molar-refractivity contribution in [1.82, 2.24) is 9.97 Å². The van der Waals surface area contributed by atoms with Crippen LogP contribution in [0.1, 0.15) is 0 Å². The van der Waals surface area contributed by atoms with Gasteiger partial charge >= 0.3 is 0 Å². The molecule has 0 aliphatic carbocycles. The van der Waals surface area contributed by atoms with Crippen molar-refractivity contribution in [2.24, 2.45) is 0 Å². The highest BCUT2D eigenvalue weighted by Crippen LogP contribution is 2.30. The van der Waals surface area contributed by atoms with Gasteiger partial charge in [0.05, 0.1) is 16.8 Å². The van der Waals surface area contributed by atoms with E-state index < -0.39 is 0 Å². The number of nitrogens with two attached hydrogens (primary N) is 1. The predicted molar refractivity (Wildman–Crippen MR) is 79.2 cm³/mol. The van der Waals surface area contributed by atoms with E-state index in [0.29, 0.717) is 22.7 Å². The maximum atomic E-state index is 5.92. The van der Waals surface area contributed by atoms with Gasteiger partial charge in [-0.3, -0.25) is 4.98 Å². The van der Waals surface area contributed by atoms with E-state index >= 15 is 0 Å². The third-order valence-corrected chi connectivity index (χ3v) is 3.31. The zero-order valence-electron chi connectivity index (χ0n) is 10.6. The van der Waals surface area contributed by atoms with Gasteiger partial charge in [-0.1, -0.05) is 24.3 Å². The van der Waals surface area contributed by atoms with Gasteiger partial charge in [0.25, 0.3) is 0 Å². The molecule has 4 heteroatoms. The first-order valence-electron chi connectivity index (χ1n) is 6.32. The highest BCUT2D eigenvalue weighted by atomic mass is 16.3. The molecule has 2 N–H and O–H groups in total. The Morgan fingerprint density at radius 2 is 1.75 bits per heavy atom. The Kier molecular flexibility index (Phi) is 2.23. The number of hydrogen-bond acceptors (Lipinski definition) is 4. The molecule has 0 aliphatic rings. The summed E-state index contributed by atoms with van der Waals surface area (Å²) < 4.78 is 5.81. The van der Waals surface area contributed by atoms with Gasteiger partial charge in [0, 0.05) is 11.6 Å². The minimum absolute atomic E-state index is 0.544. The second kappa shape index (κ2) is 4.06. The van der Waals surface area contributed by atoms with Gasteiger partial charge in [-0.15, -0.1) is 0 Å². The molecule has 0 saturated carbocycles. The van der Waals surface area contributed by atoms with E-state index in [1.807, 2.05) is 48.5 Å². The average Bonchev–Trinajstić information content (AvgIpc) is 2.92. The third-order valence-electron chi connectivity index (χ3n) is 3.31. The summed E-state index contributed by atoms with van der Waals surface area (Å²) in [5.41, 5.74) is 9.67. The monoisotopic (exact) mass is 261 g/mol. The first-order valence-corrected chi connectivity index (χ1v) is 6.32. The Labute approximate surface area is 114 Å². The summed E-state index contributed by atoms with van der Waals surface area (Å²) in [6, 6.07) is 15.4. The van der Waals surface area contributed by atoms with Crippen molar-refractivity contribution in [2.75, 3.05) is 5.73 Å². The number of fused-ring (bicyclic) bond motifs is 2. The molecule has 0 amide bonds. The molecule has 0 spiro atoms. The van der Waals surface area contributed by atoms with Gasteiger partial charge < -0.3 is 10.2 Å². The average molecular weight is 261 g/mol. The Morgan fingerprint density at radius 3 is 2.65 bits per heavy atom. The predicted octanol–water partition coefficient (Wildman–Crippen LogP) is 3.63. The van der Waals surface area contributed by atoms with Gasteiger partial charge in [-0.25, -0.2) is 4.98 Å². The van der Waals surface area contributed by atoms with Crippen LogP contribution in [0.3, 0.4) is 0 Å². The number of hydrogen-bond donors (Lipinski definition) is 1. The summed E-state index contributed by atoms with van der Waals surface area (Å²) in [6.07, 6.45) is 1.77. The molecular formula is C16H11N3O. The number of nitrogen functional groups attached to an aromatic ring is 1.